The fourth-order valence-electron chi connectivity index (χ4n) is 1.14. The van der Waals surface area contributed by atoms with Crippen molar-refractivity contribution in [1.29, 1.82) is 5.26 Å². The summed E-state index contributed by atoms with van der Waals surface area (Å²) < 4.78 is 13.2. The molecule has 0 saturated carbocycles. The number of Topliss-reactive ketones (excluding diaryl/α,β-unsaturated/α-hetero) is 1. The Hall–Kier alpha value is -2.02. The molecule has 0 amide bonds. The van der Waals surface area contributed by atoms with Crippen molar-refractivity contribution in [1.82, 2.24) is 0 Å². The molecule has 0 spiro atoms. The van der Waals surface area contributed by atoms with Crippen molar-refractivity contribution in [2.45, 2.75) is 6.92 Å². The van der Waals surface area contributed by atoms with Gasteiger partial charge in [-0.25, -0.2) is 4.39 Å². The maximum Gasteiger partial charge on any atom is 0.164 e. The van der Waals surface area contributed by atoms with Crippen LogP contribution in [0.5, 0.6) is 0 Å². The number of halogens is 1. The Morgan fingerprint density at radius 2 is 2.21 bits per heavy atom. The summed E-state index contributed by atoms with van der Waals surface area (Å²) in [6.07, 6.45) is 0.424. The van der Waals surface area contributed by atoms with Crippen LogP contribution in [0.4, 0.5) is 4.39 Å². The third-order valence-electron chi connectivity index (χ3n) is 1.72. The van der Waals surface area contributed by atoms with E-state index in [1.165, 1.54) is 13.0 Å². The highest BCUT2D eigenvalue weighted by Gasteiger charge is 2.14. The minimum Gasteiger partial charge on any atom is -0.298 e. The fourth-order valence-corrected chi connectivity index (χ4v) is 1.14. The van der Waals surface area contributed by atoms with Gasteiger partial charge < -0.3 is 0 Å². The molecule has 0 atom stereocenters. The normalized spacial score (nSPS) is 9.21. The van der Waals surface area contributed by atoms with Crippen LogP contribution in [0.1, 0.15) is 33.2 Å². The van der Waals surface area contributed by atoms with E-state index in [0.29, 0.717) is 6.29 Å². The predicted molar refractivity (Wildman–Crippen MR) is 46.5 cm³/mol. The molecule has 1 aromatic rings. The lowest BCUT2D eigenvalue weighted by atomic mass is 10.0. The molecule has 0 aliphatic carbocycles. The van der Waals surface area contributed by atoms with Gasteiger partial charge in [0.15, 0.2) is 5.78 Å². The van der Waals surface area contributed by atoms with E-state index in [-0.39, 0.29) is 16.7 Å². The molecule has 0 aliphatic rings. The minimum atomic E-state index is -0.835. The molecule has 0 bridgehead atoms. The summed E-state index contributed by atoms with van der Waals surface area (Å²) in [4.78, 5) is 21.3. The van der Waals surface area contributed by atoms with Crippen LogP contribution < -0.4 is 0 Å². The van der Waals surface area contributed by atoms with Crippen molar-refractivity contribution < 1.29 is 14.0 Å². The Morgan fingerprint density at radius 3 is 2.64 bits per heavy atom. The third-order valence-corrected chi connectivity index (χ3v) is 1.72. The van der Waals surface area contributed by atoms with E-state index in [1.807, 2.05) is 0 Å². The lowest BCUT2D eigenvalue weighted by Gasteiger charge is -2.01. The maximum absolute atomic E-state index is 13.2. The summed E-state index contributed by atoms with van der Waals surface area (Å²) in [5.74, 6) is -1.37. The van der Waals surface area contributed by atoms with Gasteiger partial charge in [0.1, 0.15) is 18.2 Å². The molecular formula is C10H6FNO2. The van der Waals surface area contributed by atoms with Crippen LogP contribution in [-0.2, 0) is 0 Å². The second-order valence-corrected chi connectivity index (χ2v) is 2.71. The first kappa shape index (κ1) is 10.1. The van der Waals surface area contributed by atoms with Crippen molar-refractivity contribution in [2.24, 2.45) is 0 Å². The van der Waals surface area contributed by atoms with Crippen LogP contribution in [0.25, 0.3) is 0 Å². The molecule has 0 aromatic heterocycles. The van der Waals surface area contributed by atoms with Crippen LogP contribution >= 0.6 is 0 Å². The van der Waals surface area contributed by atoms with Gasteiger partial charge in [0, 0.05) is 5.56 Å². The molecule has 14 heavy (non-hydrogen) atoms. The van der Waals surface area contributed by atoms with Gasteiger partial charge in [-0.3, -0.25) is 9.59 Å². The number of carbonyl (C=O) groups is 2. The lowest BCUT2D eigenvalue weighted by Crippen LogP contribution is -2.02. The van der Waals surface area contributed by atoms with Gasteiger partial charge in [-0.1, -0.05) is 0 Å². The Labute approximate surface area is 79.8 Å². The Bertz CT molecular complexity index is 446. The number of aldehydes is 1. The summed E-state index contributed by atoms with van der Waals surface area (Å²) in [6.45, 7) is 1.17. The van der Waals surface area contributed by atoms with E-state index in [4.69, 9.17) is 5.26 Å². The molecule has 0 saturated heterocycles. The summed E-state index contributed by atoms with van der Waals surface area (Å²) in [6, 6.07) is 3.80. The number of nitriles is 1. The quantitative estimate of drug-likeness (QED) is 0.528. The molecular weight excluding hydrogens is 185 g/mol. The smallest absolute Gasteiger partial charge is 0.164 e. The van der Waals surface area contributed by atoms with Gasteiger partial charge in [0.25, 0.3) is 0 Å². The monoisotopic (exact) mass is 191 g/mol. The first-order valence-electron chi connectivity index (χ1n) is 3.80. The van der Waals surface area contributed by atoms with Gasteiger partial charge in [-0.05, 0) is 19.1 Å². The Kier molecular flexibility index (Phi) is 2.73. The van der Waals surface area contributed by atoms with Crippen LogP contribution in [0.3, 0.4) is 0 Å². The summed E-state index contributed by atoms with van der Waals surface area (Å²) in [5, 5.41) is 8.63. The summed E-state index contributed by atoms with van der Waals surface area (Å²) in [7, 11) is 0. The van der Waals surface area contributed by atoms with Crippen molar-refractivity contribution in [3.8, 4) is 6.07 Å². The van der Waals surface area contributed by atoms with E-state index in [0.717, 1.165) is 6.07 Å². The lowest BCUT2D eigenvalue weighted by molar-refractivity contribution is 0.101. The van der Waals surface area contributed by atoms with E-state index < -0.39 is 11.6 Å². The van der Waals surface area contributed by atoms with Crippen LogP contribution in [0.15, 0.2) is 12.1 Å². The third kappa shape index (κ3) is 1.67. The highest BCUT2D eigenvalue weighted by molar-refractivity contribution is 5.97. The average molecular weight is 191 g/mol. The van der Waals surface area contributed by atoms with E-state index in [1.54, 1.807) is 6.07 Å². The number of benzene rings is 1. The van der Waals surface area contributed by atoms with Gasteiger partial charge in [0.2, 0.25) is 0 Å². The van der Waals surface area contributed by atoms with Crippen molar-refractivity contribution in [3.63, 3.8) is 0 Å². The molecule has 3 nitrogen and oxygen atoms in total. The molecule has 0 unspecified atom stereocenters. The van der Waals surface area contributed by atoms with Crippen molar-refractivity contribution in [3.05, 3.63) is 34.6 Å². The zero-order valence-electron chi connectivity index (χ0n) is 7.37. The van der Waals surface area contributed by atoms with Crippen molar-refractivity contribution >= 4 is 12.1 Å². The minimum absolute atomic E-state index is 0.0454. The summed E-state index contributed by atoms with van der Waals surface area (Å²) >= 11 is 0. The standard InChI is InChI=1S/C10H6FNO2/c1-6(14)10-8(4-12)2-7(5-13)3-9(10)11/h2-3,5H,1H3. The second kappa shape index (κ2) is 3.79. The SMILES string of the molecule is CC(=O)c1c(F)cc(C=O)cc1C#N. The largest absolute Gasteiger partial charge is 0.298 e. The molecule has 0 fully saturated rings. The topological polar surface area (TPSA) is 57.9 Å². The Morgan fingerprint density at radius 1 is 1.57 bits per heavy atom. The highest BCUT2D eigenvalue weighted by Crippen LogP contribution is 2.15. The number of ketones is 1. The molecule has 0 N–H and O–H groups in total. The fraction of sp³-hybridized carbons (Fsp3) is 0.100. The number of rotatable bonds is 2. The average Bonchev–Trinajstić information content (AvgIpc) is 2.15. The first-order chi connectivity index (χ1) is 6.60. The second-order valence-electron chi connectivity index (χ2n) is 2.71. The zero-order valence-corrected chi connectivity index (χ0v) is 7.37. The van der Waals surface area contributed by atoms with Gasteiger partial charge >= 0.3 is 0 Å². The molecule has 0 heterocycles. The highest BCUT2D eigenvalue weighted by atomic mass is 19.1. The van der Waals surface area contributed by atoms with Crippen LogP contribution in [-0.4, -0.2) is 12.1 Å². The van der Waals surface area contributed by atoms with Gasteiger partial charge in [-0.15, -0.1) is 0 Å². The van der Waals surface area contributed by atoms with Crippen molar-refractivity contribution in [2.75, 3.05) is 0 Å². The number of nitrogens with zero attached hydrogens (tertiary/aromatic N) is 1. The van der Waals surface area contributed by atoms with E-state index >= 15 is 0 Å². The van der Waals surface area contributed by atoms with E-state index in [9.17, 15) is 14.0 Å². The maximum atomic E-state index is 13.2. The molecule has 1 aromatic carbocycles. The molecule has 4 heteroatoms. The van der Waals surface area contributed by atoms with Gasteiger partial charge in [-0.2, -0.15) is 5.26 Å². The molecule has 0 radical (unpaired) electrons. The van der Waals surface area contributed by atoms with Crippen LogP contribution in [0, 0.1) is 17.1 Å². The van der Waals surface area contributed by atoms with E-state index in [2.05, 4.69) is 0 Å². The predicted octanol–water partition coefficient (Wildman–Crippen LogP) is 1.71. The summed E-state index contributed by atoms with van der Waals surface area (Å²) in [5.41, 5.74) is -0.332. The molecule has 0 aliphatic heterocycles. The molecule has 70 valence electrons. The number of carbonyl (C=O) groups excluding carboxylic acids is 2. The van der Waals surface area contributed by atoms with Crippen LogP contribution in [0.2, 0.25) is 0 Å². The zero-order chi connectivity index (χ0) is 10.7. The first-order valence-corrected chi connectivity index (χ1v) is 3.80. The Balaban J connectivity index is 3.52. The molecule has 1 rings (SSSR count). The number of hydrogen-bond acceptors (Lipinski definition) is 3. The number of hydrogen-bond donors (Lipinski definition) is 0. The van der Waals surface area contributed by atoms with Gasteiger partial charge in [0.05, 0.1) is 11.1 Å².